The summed E-state index contributed by atoms with van der Waals surface area (Å²) in [4.78, 5) is 25.2. The van der Waals surface area contributed by atoms with E-state index in [1.807, 2.05) is 11.8 Å². The number of benzene rings is 1. The number of ether oxygens (including phenoxy) is 1. The maximum absolute atomic E-state index is 12.0. The molecule has 1 saturated heterocycles. The summed E-state index contributed by atoms with van der Waals surface area (Å²) in [7, 11) is 0. The molecule has 0 amide bonds. The summed E-state index contributed by atoms with van der Waals surface area (Å²) in [5.74, 6) is 0.999. The van der Waals surface area contributed by atoms with E-state index in [1.54, 1.807) is 13.0 Å². The first kappa shape index (κ1) is 23.0. The first-order chi connectivity index (χ1) is 14.9. The molecule has 2 aromatic rings. The standard InChI is InChI=1S/C24H35N5O2/c1-4-8-19(3)31-24-26-22(25)14-23(27-24)29(15-18(2)30)17-21-10-7-9-20(13-21)16-28-11-5-6-12-28/h7,9-10,13-14,19H,4-6,8,11-12,15-17H2,1-3H3,(H2,25,26,27). The quantitative estimate of drug-likeness (QED) is 0.586. The molecule has 7 nitrogen and oxygen atoms in total. The maximum Gasteiger partial charge on any atom is 0.320 e. The lowest BCUT2D eigenvalue weighted by Gasteiger charge is -2.24. The van der Waals surface area contributed by atoms with E-state index in [4.69, 9.17) is 10.5 Å². The Morgan fingerprint density at radius 2 is 1.97 bits per heavy atom. The minimum Gasteiger partial charge on any atom is -0.460 e. The van der Waals surface area contributed by atoms with Gasteiger partial charge in [-0.25, -0.2) is 0 Å². The molecule has 3 rings (SSSR count). The molecule has 1 aliphatic heterocycles. The van der Waals surface area contributed by atoms with Crippen molar-refractivity contribution in [3.05, 3.63) is 41.5 Å². The monoisotopic (exact) mass is 425 g/mol. The van der Waals surface area contributed by atoms with Gasteiger partial charge >= 0.3 is 6.01 Å². The molecular formula is C24H35N5O2. The normalized spacial score (nSPS) is 15.1. The highest BCUT2D eigenvalue weighted by molar-refractivity contribution is 5.80. The van der Waals surface area contributed by atoms with E-state index < -0.39 is 0 Å². The van der Waals surface area contributed by atoms with Crippen molar-refractivity contribution in [2.24, 2.45) is 0 Å². The SMILES string of the molecule is CCCC(C)Oc1nc(N)cc(N(CC(C)=O)Cc2cccc(CN3CCCC3)c2)n1. The lowest BCUT2D eigenvalue weighted by atomic mass is 10.1. The maximum atomic E-state index is 12.0. The molecular weight excluding hydrogens is 390 g/mol. The molecule has 0 saturated carbocycles. The number of hydrogen-bond donors (Lipinski definition) is 1. The van der Waals surface area contributed by atoms with Crippen LogP contribution in [-0.4, -0.2) is 46.4 Å². The second-order valence-electron chi connectivity index (χ2n) is 8.51. The number of likely N-dealkylation sites (tertiary alicyclic amines) is 1. The Hall–Kier alpha value is -2.67. The van der Waals surface area contributed by atoms with Gasteiger partial charge in [0.05, 0.1) is 12.6 Å². The van der Waals surface area contributed by atoms with E-state index >= 15 is 0 Å². The molecule has 1 aliphatic rings. The van der Waals surface area contributed by atoms with E-state index in [0.29, 0.717) is 18.2 Å². The molecule has 0 spiro atoms. The van der Waals surface area contributed by atoms with E-state index in [2.05, 4.69) is 46.1 Å². The van der Waals surface area contributed by atoms with Crippen LogP contribution in [0.25, 0.3) is 0 Å². The Bertz CT molecular complexity index is 867. The molecule has 31 heavy (non-hydrogen) atoms. The van der Waals surface area contributed by atoms with Crippen molar-refractivity contribution < 1.29 is 9.53 Å². The van der Waals surface area contributed by atoms with Gasteiger partial charge in [0.25, 0.3) is 0 Å². The number of aromatic nitrogens is 2. The van der Waals surface area contributed by atoms with E-state index in [1.165, 1.54) is 31.5 Å². The van der Waals surface area contributed by atoms with Gasteiger partial charge in [-0.1, -0.05) is 37.6 Å². The highest BCUT2D eigenvalue weighted by atomic mass is 16.5. The van der Waals surface area contributed by atoms with Gasteiger partial charge in [0.15, 0.2) is 0 Å². The Balaban J connectivity index is 1.79. The predicted molar refractivity (Wildman–Crippen MR) is 124 cm³/mol. The molecule has 0 aliphatic carbocycles. The summed E-state index contributed by atoms with van der Waals surface area (Å²) in [6.45, 7) is 9.80. The van der Waals surface area contributed by atoms with Crippen LogP contribution in [0, 0.1) is 0 Å². The van der Waals surface area contributed by atoms with Crippen molar-refractivity contribution in [2.75, 3.05) is 30.3 Å². The number of nitrogen functional groups attached to an aromatic ring is 1. The first-order valence-electron chi connectivity index (χ1n) is 11.3. The Kier molecular flexibility index (Phi) is 8.23. The number of anilines is 2. The van der Waals surface area contributed by atoms with Crippen LogP contribution in [0.3, 0.4) is 0 Å². The molecule has 1 aromatic heterocycles. The molecule has 1 fully saturated rings. The van der Waals surface area contributed by atoms with Crippen LogP contribution in [-0.2, 0) is 17.9 Å². The second kappa shape index (κ2) is 11.1. The largest absolute Gasteiger partial charge is 0.460 e. The van der Waals surface area contributed by atoms with Crippen LogP contribution in [0.2, 0.25) is 0 Å². The fourth-order valence-corrected chi connectivity index (χ4v) is 4.02. The average Bonchev–Trinajstić information content (AvgIpc) is 3.20. The number of nitrogens with zero attached hydrogens (tertiary/aromatic N) is 4. The van der Waals surface area contributed by atoms with E-state index in [0.717, 1.165) is 24.9 Å². The number of nitrogens with two attached hydrogens (primary N) is 1. The minimum atomic E-state index is 0.00294. The zero-order valence-corrected chi connectivity index (χ0v) is 19.0. The summed E-state index contributed by atoms with van der Waals surface area (Å²) in [5.41, 5.74) is 8.47. The van der Waals surface area contributed by atoms with Crippen molar-refractivity contribution in [1.29, 1.82) is 0 Å². The summed E-state index contributed by atoms with van der Waals surface area (Å²) in [5, 5.41) is 0. The zero-order chi connectivity index (χ0) is 22.2. The van der Waals surface area contributed by atoms with Gasteiger partial charge in [0.1, 0.15) is 17.4 Å². The summed E-state index contributed by atoms with van der Waals surface area (Å²) in [6.07, 6.45) is 4.49. The van der Waals surface area contributed by atoms with Crippen molar-refractivity contribution in [3.8, 4) is 6.01 Å². The number of rotatable bonds is 11. The predicted octanol–water partition coefficient (Wildman–Crippen LogP) is 3.82. The number of ketones is 1. The number of Topliss-reactive ketones (excluding diaryl/α,β-unsaturated/α-hetero) is 1. The van der Waals surface area contributed by atoms with Crippen LogP contribution in [0.1, 0.15) is 57.6 Å². The molecule has 1 aromatic carbocycles. The number of carbonyl (C=O) groups is 1. The summed E-state index contributed by atoms with van der Waals surface area (Å²) >= 11 is 0. The van der Waals surface area contributed by atoms with Gasteiger partial charge < -0.3 is 15.4 Å². The van der Waals surface area contributed by atoms with Gasteiger partial charge in [-0.3, -0.25) is 9.69 Å². The molecule has 0 radical (unpaired) electrons. The summed E-state index contributed by atoms with van der Waals surface area (Å²) < 4.78 is 5.86. The van der Waals surface area contributed by atoms with Crippen LogP contribution >= 0.6 is 0 Å². The fourth-order valence-electron chi connectivity index (χ4n) is 4.02. The first-order valence-corrected chi connectivity index (χ1v) is 11.3. The number of hydrogen-bond acceptors (Lipinski definition) is 7. The topological polar surface area (TPSA) is 84.6 Å². The summed E-state index contributed by atoms with van der Waals surface area (Å²) in [6, 6.07) is 10.5. The third kappa shape index (κ3) is 7.21. The molecule has 7 heteroatoms. The van der Waals surface area contributed by atoms with Gasteiger partial charge in [0, 0.05) is 19.2 Å². The van der Waals surface area contributed by atoms with E-state index in [9.17, 15) is 4.79 Å². The minimum absolute atomic E-state index is 0.00294. The third-order valence-electron chi connectivity index (χ3n) is 5.42. The molecule has 0 bridgehead atoms. The van der Waals surface area contributed by atoms with Gasteiger partial charge in [-0.15, -0.1) is 0 Å². The van der Waals surface area contributed by atoms with Gasteiger partial charge in [-0.05, 0) is 57.3 Å². The van der Waals surface area contributed by atoms with Crippen LogP contribution in [0.15, 0.2) is 30.3 Å². The van der Waals surface area contributed by atoms with Crippen molar-refractivity contribution in [2.45, 2.75) is 65.6 Å². The van der Waals surface area contributed by atoms with Crippen molar-refractivity contribution >= 4 is 17.4 Å². The average molecular weight is 426 g/mol. The van der Waals surface area contributed by atoms with Crippen molar-refractivity contribution in [1.82, 2.24) is 14.9 Å². The molecule has 1 atom stereocenters. The van der Waals surface area contributed by atoms with E-state index in [-0.39, 0.29) is 24.4 Å². The van der Waals surface area contributed by atoms with Crippen LogP contribution < -0.4 is 15.4 Å². The second-order valence-corrected chi connectivity index (χ2v) is 8.51. The molecule has 2 N–H and O–H groups in total. The lowest BCUT2D eigenvalue weighted by molar-refractivity contribution is -0.115. The highest BCUT2D eigenvalue weighted by Crippen LogP contribution is 2.22. The van der Waals surface area contributed by atoms with Crippen LogP contribution in [0.4, 0.5) is 11.6 Å². The fraction of sp³-hybridized carbons (Fsp3) is 0.542. The van der Waals surface area contributed by atoms with Crippen LogP contribution in [0.5, 0.6) is 6.01 Å². The lowest BCUT2D eigenvalue weighted by Crippen LogP contribution is -2.29. The zero-order valence-electron chi connectivity index (χ0n) is 19.0. The molecule has 168 valence electrons. The number of carbonyl (C=O) groups excluding carboxylic acids is 1. The highest BCUT2D eigenvalue weighted by Gasteiger charge is 2.17. The Labute approximate surface area is 185 Å². The molecule has 2 heterocycles. The Morgan fingerprint density at radius 3 is 2.68 bits per heavy atom. The Morgan fingerprint density at radius 1 is 1.23 bits per heavy atom. The van der Waals surface area contributed by atoms with Gasteiger partial charge in [0.2, 0.25) is 0 Å². The smallest absolute Gasteiger partial charge is 0.320 e. The van der Waals surface area contributed by atoms with Gasteiger partial charge in [-0.2, -0.15) is 9.97 Å². The van der Waals surface area contributed by atoms with Crippen molar-refractivity contribution in [3.63, 3.8) is 0 Å². The molecule has 1 unspecified atom stereocenters. The third-order valence-corrected chi connectivity index (χ3v) is 5.42.